The van der Waals surface area contributed by atoms with Gasteiger partial charge in [0, 0.05) is 12.0 Å². The van der Waals surface area contributed by atoms with Crippen LogP contribution >= 0.6 is 12.4 Å². The van der Waals surface area contributed by atoms with Gasteiger partial charge in [0.25, 0.3) is 0 Å². The first-order valence-electron chi connectivity index (χ1n) is 8.26. The summed E-state index contributed by atoms with van der Waals surface area (Å²) in [5, 5.41) is 23.5. The van der Waals surface area contributed by atoms with Gasteiger partial charge in [-0.1, -0.05) is 26.8 Å². The van der Waals surface area contributed by atoms with Crippen LogP contribution in [0.4, 0.5) is 0 Å². The van der Waals surface area contributed by atoms with E-state index in [1.54, 1.807) is 48.6 Å². The van der Waals surface area contributed by atoms with Gasteiger partial charge in [0.1, 0.15) is 0 Å². The number of aromatic hydroxyl groups is 1. The number of likely N-dealkylation sites (N-methyl/N-ethyl adjacent to an activating group) is 1. The number of ether oxygens (including phenoxy) is 1. The largest absolute Gasteiger partial charge is 0.504 e. The number of carbonyl (C=O) groups excluding carboxylic acids is 2. The Morgan fingerprint density at radius 1 is 1.12 bits per heavy atom. The molecule has 1 atom stereocenters. The van der Waals surface area contributed by atoms with E-state index in [2.05, 4.69) is 5.32 Å². The number of halogens is 1. The van der Waals surface area contributed by atoms with Crippen molar-refractivity contribution in [2.24, 2.45) is 10.8 Å². The van der Waals surface area contributed by atoms with Gasteiger partial charge in [-0.2, -0.15) is 0 Å². The van der Waals surface area contributed by atoms with E-state index in [1.807, 2.05) is 0 Å². The monoisotopic (exact) mass is 387 g/mol. The van der Waals surface area contributed by atoms with E-state index in [0.29, 0.717) is 5.56 Å². The fourth-order valence-electron chi connectivity index (χ4n) is 2.13. The van der Waals surface area contributed by atoms with Gasteiger partial charge in [0.15, 0.2) is 17.3 Å². The summed E-state index contributed by atoms with van der Waals surface area (Å²) in [5.74, 6) is -1.42. The van der Waals surface area contributed by atoms with Gasteiger partial charge in [0.2, 0.25) is 0 Å². The van der Waals surface area contributed by atoms with Crippen molar-refractivity contribution < 1.29 is 24.5 Å². The van der Waals surface area contributed by atoms with Crippen LogP contribution < -0.4 is 10.1 Å². The van der Waals surface area contributed by atoms with Crippen molar-refractivity contribution in [3.05, 3.63) is 23.3 Å². The van der Waals surface area contributed by atoms with Gasteiger partial charge in [-0.05, 0) is 39.4 Å². The Kier molecular flexibility index (Phi) is 8.29. The van der Waals surface area contributed by atoms with Crippen LogP contribution in [0.3, 0.4) is 0 Å². The number of phenolic OH excluding ortho intramolecular Hbond substituents is 1. The number of rotatable bonds is 5. The highest BCUT2D eigenvalue weighted by Gasteiger charge is 2.34. The maximum atomic E-state index is 13.0. The molecule has 0 heterocycles. The molecule has 0 bridgehead atoms. The molecule has 0 aliphatic rings. The van der Waals surface area contributed by atoms with Crippen molar-refractivity contribution >= 4 is 24.2 Å². The van der Waals surface area contributed by atoms with Crippen molar-refractivity contribution in [1.29, 1.82) is 0 Å². The summed E-state index contributed by atoms with van der Waals surface area (Å²) in [6, 6.07) is 2.80. The molecule has 1 unspecified atom stereocenters. The number of Topliss-reactive ketones (excluding diaryl/α,β-unsaturated/α-hetero) is 1. The summed E-state index contributed by atoms with van der Waals surface area (Å²) in [5.41, 5.74) is -1.25. The van der Waals surface area contributed by atoms with Crippen LogP contribution in [0, 0.1) is 10.8 Å². The number of carbonyl (C=O) groups is 2. The third-order valence-corrected chi connectivity index (χ3v) is 3.64. The van der Waals surface area contributed by atoms with Gasteiger partial charge in [0.05, 0.1) is 17.1 Å². The van der Waals surface area contributed by atoms with E-state index in [-0.39, 0.29) is 41.8 Å². The van der Waals surface area contributed by atoms with E-state index < -0.39 is 22.9 Å². The molecule has 0 saturated carbocycles. The Morgan fingerprint density at radius 3 is 2.08 bits per heavy atom. The number of ketones is 1. The summed E-state index contributed by atoms with van der Waals surface area (Å²) in [7, 11) is 1.68. The second-order valence-corrected chi connectivity index (χ2v) is 8.17. The number of aliphatic hydroxyl groups is 1. The molecule has 0 spiro atoms. The van der Waals surface area contributed by atoms with Gasteiger partial charge < -0.3 is 20.3 Å². The average molecular weight is 388 g/mol. The number of nitrogens with one attached hydrogen (secondary N) is 1. The number of esters is 1. The number of phenols is 1. The van der Waals surface area contributed by atoms with Crippen molar-refractivity contribution in [1.82, 2.24) is 5.32 Å². The number of hydrogen-bond donors (Lipinski definition) is 3. The molecule has 1 rings (SSSR count). The molecular formula is C19H30ClNO5. The Morgan fingerprint density at radius 2 is 1.65 bits per heavy atom. The normalized spacial score (nSPS) is 12.9. The molecule has 0 saturated heterocycles. The molecule has 0 aliphatic carbocycles. The van der Waals surface area contributed by atoms with Crippen molar-refractivity contribution in [2.75, 3.05) is 13.6 Å². The molecule has 26 heavy (non-hydrogen) atoms. The quantitative estimate of drug-likeness (QED) is 0.407. The topological polar surface area (TPSA) is 95.9 Å². The minimum absolute atomic E-state index is 0. The van der Waals surface area contributed by atoms with Crippen LogP contribution in [0.1, 0.15) is 63.6 Å². The zero-order valence-corrected chi connectivity index (χ0v) is 17.3. The minimum atomic E-state index is -0.987. The SMILES string of the molecule is CNCC(O)c1ccc(O)c(OC(=O)C(C)(C)C)c1C(=O)C(C)(C)C.Cl. The zero-order valence-electron chi connectivity index (χ0n) is 16.5. The predicted molar refractivity (Wildman–Crippen MR) is 103 cm³/mol. The van der Waals surface area contributed by atoms with Crippen molar-refractivity contribution in [3.63, 3.8) is 0 Å². The fraction of sp³-hybridized carbons (Fsp3) is 0.579. The first-order valence-corrected chi connectivity index (χ1v) is 8.26. The van der Waals surface area contributed by atoms with Gasteiger partial charge in [-0.3, -0.25) is 9.59 Å². The Labute approximate surface area is 161 Å². The highest BCUT2D eigenvalue weighted by atomic mass is 35.5. The second-order valence-electron chi connectivity index (χ2n) is 8.17. The lowest BCUT2D eigenvalue weighted by Gasteiger charge is -2.25. The molecule has 0 aliphatic heterocycles. The van der Waals surface area contributed by atoms with Crippen LogP contribution in [0.2, 0.25) is 0 Å². The molecule has 0 radical (unpaired) electrons. The van der Waals surface area contributed by atoms with E-state index in [9.17, 15) is 19.8 Å². The van der Waals surface area contributed by atoms with Crippen molar-refractivity contribution in [3.8, 4) is 11.5 Å². The maximum Gasteiger partial charge on any atom is 0.316 e. The molecule has 7 heteroatoms. The average Bonchev–Trinajstić information content (AvgIpc) is 2.46. The molecule has 0 fully saturated rings. The highest BCUT2D eigenvalue weighted by molar-refractivity contribution is 6.05. The number of benzene rings is 1. The Hall–Kier alpha value is -1.63. The lowest BCUT2D eigenvalue weighted by Crippen LogP contribution is -2.29. The molecule has 148 valence electrons. The predicted octanol–water partition coefficient (Wildman–Crippen LogP) is 3.25. The minimum Gasteiger partial charge on any atom is -0.504 e. The summed E-state index contributed by atoms with van der Waals surface area (Å²) in [6.45, 7) is 10.4. The molecule has 0 aromatic heterocycles. The van der Waals surface area contributed by atoms with E-state index >= 15 is 0 Å². The molecule has 1 aromatic carbocycles. The summed E-state index contributed by atoms with van der Waals surface area (Å²) in [6.07, 6.45) is -0.987. The molecule has 3 N–H and O–H groups in total. The first-order chi connectivity index (χ1) is 11.3. The molecular weight excluding hydrogens is 358 g/mol. The van der Waals surface area contributed by atoms with Gasteiger partial charge >= 0.3 is 5.97 Å². The number of aliphatic hydroxyl groups excluding tert-OH is 1. The first kappa shape index (κ1) is 24.4. The molecule has 0 amide bonds. The van der Waals surface area contributed by atoms with Gasteiger partial charge in [-0.25, -0.2) is 0 Å². The van der Waals surface area contributed by atoms with Gasteiger partial charge in [-0.15, -0.1) is 12.4 Å². The molecule has 1 aromatic rings. The third-order valence-electron chi connectivity index (χ3n) is 3.64. The second kappa shape index (κ2) is 8.84. The lowest BCUT2D eigenvalue weighted by atomic mass is 9.83. The fourth-order valence-corrected chi connectivity index (χ4v) is 2.13. The summed E-state index contributed by atoms with van der Waals surface area (Å²) >= 11 is 0. The van der Waals surface area contributed by atoms with E-state index in [4.69, 9.17) is 4.74 Å². The Bertz CT molecular complexity index is 659. The highest BCUT2D eigenvalue weighted by Crippen LogP contribution is 2.40. The summed E-state index contributed by atoms with van der Waals surface area (Å²) < 4.78 is 5.38. The van der Waals surface area contributed by atoms with Crippen LogP contribution in [-0.2, 0) is 4.79 Å². The van der Waals surface area contributed by atoms with Crippen LogP contribution in [0.5, 0.6) is 11.5 Å². The maximum absolute atomic E-state index is 13.0. The standard InChI is InChI=1S/C19H29NO5.ClH/c1-18(2,3)16(23)14-11(13(22)10-20-7)8-9-12(21)15(14)25-17(24)19(4,5)6;/h8-9,13,20-22H,10H2,1-7H3;1H. The van der Waals surface area contributed by atoms with Crippen LogP contribution in [-0.4, -0.2) is 35.6 Å². The smallest absolute Gasteiger partial charge is 0.316 e. The zero-order chi connectivity index (χ0) is 19.6. The van der Waals surface area contributed by atoms with E-state index in [1.165, 1.54) is 12.1 Å². The number of hydrogen-bond acceptors (Lipinski definition) is 6. The van der Waals surface area contributed by atoms with Crippen LogP contribution in [0.25, 0.3) is 0 Å². The van der Waals surface area contributed by atoms with E-state index in [0.717, 1.165) is 0 Å². The van der Waals surface area contributed by atoms with Crippen molar-refractivity contribution in [2.45, 2.75) is 47.6 Å². The lowest BCUT2D eigenvalue weighted by molar-refractivity contribution is -0.143. The Balaban J connectivity index is 0.00000625. The third kappa shape index (κ3) is 5.69. The molecule has 6 nitrogen and oxygen atoms in total. The van der Waals surface area contributed by atoms with Crippen LogP contribution in [0.15, 0.2) is 12.1 Å². The summed E-state index contributed by atoms with van der Waals surface area (Å²) in [4.78, 5) is 25.3.